The number of hydrogen-bond donors (Lipinski definition) is 2. The van der Waals surface area contributed by atoms with Gasteiger partial charge in [-0.2, -0.15) is 0 Å². The van der Waals surface area contributed by atoms with Crippen molar-refractivity contribution >= 4 is 17.6 Å². The lowest BCUT2D eigenvalue weighted by atomic mass is 10.0. The maximum atomic E-state index is 12.8. The number of aliphatic hydroxyl groups is 1. The maximum Gasteiger partial charge on any atom is 0.254 e. The Morgan fingerprint density at radius 2 is 1.55 bits per heavy atom. The molecular formula is C29H33N3O6. The number of hydrogen-bond acceptors (Lipinski definition) is 7. The van der Waals surface area contributed by atoms with Crippen molar-refractivity contribution in [1.29, 1.82) is 0 Å². The highest BCUT2D eigenvalue weighted by atomic mass is 16.7. The summed E-state index contributed by atoms with van der Waals surface area (Å²) in [5.74, 6) is 3.95. The van der Waals surface area contributed by atoms with Crippen LogP contribution in [-0.4, -0.2) is 91.3 Å². The zero-order valence-electron chi connectivity index (χ0n) is 21.7. The van der Waals surface area contributed by atoms with Gasteiger partial charge in [-0.05, 0) is 42.0 Å². The number of rotatable bonds is 7. The van der Waals surface area contributed by atoms with Crippen LogP contribution in [0.4, 0.5) is 0 Å². The van der Waals surface area contributed by atoms with Crippen molar-refractivity contribution in [2.24, 2.45) is 0 Å². The summed E-state index contributed by atoms with van der Waals surface area (Å²) >= 11 is 0. The fourth-order valence-electron chi connectivity index (χ4n) is 4.71. The van der Waals surface area contributed by atoms with E-state index in [0.29, 0.717) is 18.8 Å². The summed E-state index contributed by atoms with van der Waals surface area (Å²) < 4.78 is 11.6. The predicted octanol–water partition coefficient (Wildman–Crippen LogP) is 1.17. The van der Waals surface area contributed by atoms with Gasteiger partial charge in [-0.3, -0.25) is 19.3 Å². The third-order valence-electron chi connectivity index (χ3n) is 6.94. The minimum absolute atomic E-state index is 0.303. The number of likely N-dealkylation sites (N-methyl/N-ethyl adjacent to an activating group) is 2. The summed E-state index contributed by atoms with van der Waals surface area (Å²) in [7, 11) is 2.72. The Balaban J connectivity index is 1.33. The van der Waals surface area contributed by atoms with Crippen LogP contribution in [0.25, 0.3) is 0 Å². The van der Waals surface area contributed by atoms with Gasteiger partial charge in [0.15, 0.2) is 17.6 Å². The maximum absolute atomic E-state index is 12.8. The lowest BCUT2D eigenvalue weighted by Crippen LogP contribution is -2.52. The van der Waals surface area contributed by atoms with Gasteiger partial charge in [-0.1, -0.05) is 24.0 Å². The number of nitrogens with zero attached hydrogens (tertiary/aromatic N) is 2. The molecule has 1 unspecified atom stereocenters. The zero-order chi connectivity index (χ0) is 27.1. The van der Waals surface area contributed by atoms with Crippen molar-refractivity contribution in [3.63, 3.8) is 0 Å². The Kier molecular flexibility index (Phi) is 8.92. The molecule has 1 atom stereocenters. The van der Waals surface area contributed by atoms with Crippen LogP contribution in [0.2, 0.25) is 0 Å². The molecule has 9 heteroatoms. The van der Waals surface area contributed by atoms with Crippen LogP contribution in [-0.2, 0) is 25.6 Å². The van der Waals surface area contributed by atoms with E-state index in [-0.39, 0.29) is 5.79 Å². The number of benzene rings is 2. The van der Waals surface area contributed by atoms with E-state index in [1.165, 1.54) is 19.7 Å². The number of ketones is 1. The van der Waals surface area contributed by atoms with E-state index in [9.17, 15) is 19.5 Å². The fraction of sp³-hybridized carbons (Fsp3) is 0.414. The molecule has 2 aromatic rings. The van der Waals surface area contributed by atoms with Crippen LogP contribution in [0.15, 0.2) is 48.5 Å². The molecule has 2 heterocycles. The molecule has 4 rings (SSSR count). The van der Waals surface area contributed by atoms with Crippen LogP contribution in [0.1, 0.15) is 39.9 Å². The highest BCUT2D eigenvalue weighted by Gasteiger charge is 2.39. The standard InChI is InChI=1S/C29H33N3O6/c1-30-27(35)26(25(34)20-33)31(2)28(36)24-11-9-22(10-12-24)4-3-21-5-7-23(8-6-21)19-32-15-13-29(14-16-32)37-17-18-38-29/h5-12,26,33H,13-20H2,1-2H3,(H,30,35). The first kappa shape index (κ1) is 27.5. The van der Waals surface area contributed by atoms with Crippen LogP contribution >= 0.6 is 0 Å². The molecule has 2 aliphatic rings. The first-order chi connectivity index (χ1) is 18.3. The molecule has 1 spiro atoms. The van der Waals surface area contributed by atoms with Crippen LogP contribution in [0.5, 0.6) is 0 Å². The van der Waals surface area contributed by atoms with Crippen LogP contribution in [0.3, 0.4) is 0 Å². The number of aliphatic hydroxyl groups excluding tert-OH is 1. The highest BCUT2D eigenvalue weighted by Crippen LogP contribution is 2.31. The van der Waals surface area contributed by atoms with Gasteiger partial charge in [-0.15, -0.1) is 0 Å². The largest absolute Gasteiger partial charge is 0.388 e. The summed E-state index contributed by atoms with van der Waals surface area (Å²) in [4.78, 5) is 40.3. The lowest BCUT2D eigenvalue weighted by Gasteiger charge is -2.37. The van der Waals surface area contributed by atoms with E-state index in [1.54, 1.807) is 24.3 Å². The first-order valence-corrected chi connectivity index (χ1v) is 12.7. The minimum Gasteiger partial charge on any atom is -0.388 e. The second-order valence-corrected chi connectivity index (χ2v) is 9.47. The quantitative estimate of drug-likeness (QED) is 0.418. The van der Waals surface area contributed by atoms with Gasteiger partial charge in [-0.25, -0.2) is 0 Å². The normalized spacial score (nSPS) is 17.3. The van der Waals surface area contributed by atoms with Gasteiger partial charge in [0.1, 0.15) is 6.61 Å². The van der Waals surface area contributed by atoms with Crippen LogP contribution < -0.4 is 5.32 Å². The second-order valence-electron chi connectivity index (χ2n) is 9.47. The zero-order valence-corrected chi connectivity index (χ0v) is 21.7. The summed E-state index contributed by atoms with van der Waals surface area (Å²) in [6.45, 7) is 3.30. The summed E-state index contributed by atoms with van der Waals surface area (Å²) in [6.07, 6.45) is 1.79. The number of piperidine rings is 1. The van der Waals surface area contributed by atoms with Crippen molar-refractivity contribution in [3.05, 3.63) is 70.8 Å². The van der Waals surface area contributed by atoms with Gasteiger partial charge < -0.3 is 24.8 Å². The Morgan fingerprint density at radius 3 is 2.08 bits per heavy atom. The fourth-order valence-corrected chi connectivity index (χ4v) is 4.71. The van der Waals surface area contributed by atoms with Crippen molar-refractivity contribution in [3.8, 4) is 11.8 Å². The van der Waals surface area contributed by atoms with E-state index in [4.69, 9.17) is 9.47 Å². The van der Waals surface area contributed by atoms with Crippen LogP contribution in [0, 0.1) is 11.8 Å². The van der Waals surface area contributed by atoms with Gasteiger partial charge in [0.25, 0.3) is 5.91 Å². The Bertz CT molecular complexity index is 1180. The molecule has 0 aliphatic carbocycles. The molecule has 0 saturated carbocycles. The van der Waals surface area contributed by atoms with E-state index >= 15 is 0 Å². The SMILES string of the molecule is CNC(=O)C(C(=O)CO)N(C)C(=O)c1ccc(C#Cc2ccc(CN3CCC4(CC3)OCCO4)cc2)cc1. The summed E-state index contributed by atoms with van der Waals surface area (Å²) in [5, 5.41) is 11.5. The molecule has 9 nitrogen and oxygen atoms in total. The number of Topliss-reactive ketones (excluding diaryl/α,β-unsaturated/α-hetero) is 1. The van der Waals surface area contributed by atoms with E-state index in [0.717, 1.165) is 48.5 Å². The van der Waals surface area contributed by atoms with Crippen molar-refractivity contribution in [2.75, 3.05) is 47.0 Å². The molecule has 200 valence electrons. The minimum atomic E-state index is -1.40. The molecule has 0 radical (unpaired) electrons. The summed E-state index contributed by atoms with van der Waals surface area (Å²) in [6, 6.07) is 13.4. The van der Waals surface area contributed by atoms with Gasteiger partial charge in [0.05, 0.1) is 13.2 Å². The number of ether oxygens (including phenoxy) is 2. The molecule has 2 N–H and O–H groups in total. The molecule has 2 aliphatic heterocycles. The second kappa shape index (κ2) is 12.3. The molecule has 0 aromatic heterocycles. The Morgan fingerprint density at radius 1 is 1.00 bits per heavy atom. The average molecular weight is 520 g/mol. The smallest absolute Gasteiger partial charge is 0.254 e. The van der Waals surface area contributed by atoms with E-state index in [1.807, 2.05) is 12.1 Å². The Labute approximate surface area is 222 Å². The number of amides is 2. The first-order valence-electron chi connectivity index (χ1n) is 12.7. The number of carbonyl (C=O) groups excluding carboxylic acids is 3. The Hall–Kier alpha value is -3.55. The van der Waals surface area contributed by atoms with Crippen molar-refractivity contribution < 1.29 is 29.0 Å². The van der Waals surface area contributed by atoms with Crippen molar-refractivity contribution in [1.82, 2.24) is 15.1 Å². The predicted molar refractivity (Wildman–Crippen MR) is 140 cm³/mol. The van der Waals surface area contributed by atoms with E-state index in [2.05, 4.69) is 34.2 Å². The molecule has 38 heavy (non-hydrogen) atoms. The molecule has 2 amide bonds. The lowest BCUT2D eigenvalue weighted by molar-refractivity contribution is -0.185. The number of likely N-dealkylation sites (tertiary alicyclic amines) is 1. The van der Waals surface area contributed by atoms with Gasteiger partial charge in [0, 0.05) is 63.3 Å². The molecule has 2 saturated heterocycles. The van der Waals surface area contributed by atoms with Crippen molar-refractivity contribution in [2.45, 2.75) is 31.2 Å². The molecular weight excluding hydrogens is 486 g/mol. The topological polar surface area (TPSA) is 108 Å². The van der Waals surface area contributed by atoms with Gasteiger partial charge >= 0.3 is 0 Å². The van der Waals surface area contributed by atoms with Gasteiger partial charge in [0.2, 0.25) is 5.91 Å². The third-order valence-corrected chi connectivity index (χ3v) is 6.94. The highest BCUT2D eigenvalue weighted by molar-refractivity contribution is 6.10. The molecule has 0 bridgehead atoms. The summed E-state index contributed by atoms with van der Waals surface area (Å²) in [5.41, 5.74) is 3.13. The number of carbonyl (C=O) groups is 3. The van der Waals surface area contributed by atoms with E-state index < -0.39 is 30.2 Å². The monoisotopic (exact) mass is 519 g/mol. The third kappa shape index (κ3) is 6.47. The molecule has 2 aromatic carbocycles. The average Bonchev–Trinajstić information content (AvgIpc) is 3.41. The molecule has 2 fully saturated rings. The number of nitrogens with one attached hydrogen (secondary N) is 1.